The highest BCUT2D eigenvalue weighted by Gasteiger charge is 2.24. The van der Waals surface area contributed by atoms with Crippen LogP contribution in [0.4, 0.5) is 0 Å². The van der Waals surface area contributed by atoms with Crippen LogP contribution in [0.2, 0.25) is 0 Å². The monoisotopic (exact) mass is 294 g/mol. The van der Waals surface area contributed by atoms with Crippen LogP contribution in [-0.4, -0.2) is 27.8 Å². The van der Waals surface area contributed by atoms with Crippen molar-refractivity contribution < 1.29 is 9.84 Å². The summed E-state index contributed by atoms with van der Waals surface area (Å²) >= 11 is 0. The fourth-order valence-electron chi connectivity index (χ4n) is 1.87. The summed E-state index contributed by atoms with van der Waals surface area (Å²) in [7, 11) is 0. The third-order valence-electron chi connectivity index (χ3n) is 3.67. The summed E-state index contributed by atoms with van der Waals surface area (Å²) < 4.78 is 5.85. The molecule has 1 heterocycles. The molecule has 0 aromatic carbocycles. The number of aliphatic hydroxyl groups is 1. The Balaban J connectivity index is 2.82. The Hall–Kier alpha value is -1.13. The Morgan fingerprint density at radius 1 is 1.19 bits per heavy atom. The molecule has 4 heteroatoms. The lowest BCUT2D eigenvalue weighted by Crippen LogP contribution is -2.36. The van der Waals surface area contributed by atoms with E-state index in [1.807, 2.05) is 32.9 Å². The first-order valence-electron chi connectivity index (χ1n) is 7.76. The first kappa shape index (κ1) is 17.9. The molecular formula is C17H30N2O2. The van der Waals surface area contributed by atoms with Crippen LogP contribution in [-0.2, 0) is 6.54 Å². The second-order valence-electron chi connectivity index (χ2n) is 6.72. The number of hydrogen-bond acceptors (Lipinski definition) is 4. The summed E-state index contributed by atoms with van der Waals surface area (Å²) in [5, 5.41) is 13.8. The lowest BCUT2D eigenvalue weighted by atomic mass is 9.99. The number of rotatable bonds is 7. The summed E-state index contributed by atoms with van der Waals surface area (Å²) in [6.07, 6.45) is 1.36. The van der Waals surface area contributed by atoms with Crippen molar-refractivity contribution in [3.63, 3.8) is 0 Å². The quantitative estimate of drug-likeness (QED) is 0.811. The summed E-state index contributed by atoms with van der Waals surface area (Å²) in [6.45, 7) is 13.2. The maximum Gasteiger partial charge on any atom is 0.142 e. The molecule has 21 heavy (non-hydrogen) atoms. The van der Waals surface area contributed by atoms with Gasteiger partial charge in [0.15, 0.2) is 0 Å². The van der Waals surface area contributed by atoms with Gasteiger partial charge in [0.25, 0.3) is 0 Å². The molecule has 0 spiro atoms. The largest absolute Gasteiger partial charge is 0.489 e. The van der Waals surface area contributed by atoms with E-state index in [1.165, 1.54) is 0 Å². The van der Waals surface area contributed by atoms with E-state index in [1.54, 1.807) is 0 Å². The molecule has 0 atom stereocenters. The molecule has 0 aliphatic carbocycles. The van der Waals surface area contributed by atoms with Crippen LogP contribution in [0.1, 0.15) is 58.8 Å². The van der Waals surface area contributed by atoms with E-state index in [4.69, 9.17) is 4.74 Å². The molecule has 0 fully saturated rings. The molecule has 4 nitrogen and oxygen atoms in total. The fraction of sp³-hybridized carbons (Fsp3) is 0.706. The molecule has 0 unspecified atom stereocenters. The van der Waals surface area contributed by atoms with Crippen LogP contribution in [0.5, 0.6) is 5.75 Å². The number of ether oxygens (including phenoxy) is 1. The number of hydrogen-bond donors (Lipinski definition) is 2. The van der Waals surface area contributed by atoms with Gasteiger partial charge in [0, 0.05) is 17.8 Å². The van der Waals surface area contributed by atoms with Crippen molar-refractivity contribution in [2.75, 3.05) is 6.61 Å². The number of nitrogens with zero attached hydrogens (tertiary/aromatic N) is 1. The maximum absolute atomic E-state index is 10.3. The lowest BCUT2D eigenvalue weighted by molar-refractivity contribution is -0.0117. The van der Waals surface area contributed by atoms with Crippen LogP contribution in [0.3, 0.4) is 0 Å². The van der Waals surface area contributed by atoms with Crippen molar-refractivity contribution in [3.8, 4) is 5.75 Å². The summed E-state index contributed by atoms with van der Waals surface area (Å²) in [4.78, 5) is 4.56. The second kappa shape index (κ2) is 7.23. The number of aromatic nitrogens is 1. The first-order valence-corrected chi connectivity index (χ1v) is 7.76. The average molecular weight is 294 g/mol. The Kier molecular flexibility index (Phi) is 6.17. The third-order valence-corrected chi connectivity index (χ3v) is 3.67. The summed E-state index contributed by atoms with van der Waals surface area (Å²) in [6, 6.07) is 3.88. The van der Waals surface area contributed by atoms with Crippen molar-refractivity contribution in [1.82, 2.24) is 10.3 Å². The van der Waals surface area contributed by atoms with Crippen molar-refractivity contribution in [2.24, 2.45) is 0 Å². The smallest absolute Gasteiger partial charge is 0.142 e. The molecule has 0 aliphatic rings. The molecule has 2 N–H and O–H groups in total. The number of pyridine rings is 1. The van der Waals surface area contributed by atoms with E-state index in [0.29, 0.717) is 26.0 Å². The normalized spacial score (nSPS) is 12.5. The van der Waals surface area contributed by atoms with Crippen LogP contribution >= 0.6 is 0 Å². The zero-order valence-electron chi connectivity index (χ0n) is 14.3. The second-order valence-corrected chi connectivity index (χ2v) is 6.72. The summed E-state index contributed by atoms with van der Waals surface area (Å²) in [5.74, 6) is 0.748. The molecular weight excluding hydrogens is 264 g/mol. The van der Waals surface area contributed by atoms with Gasteiger partial charge < -0.3 is 15.2 Å². The Labute approximate surface area is 128 Å². The minimum Gasteiger partial charge on any atom is -0.489 e. The molecule has 0 aliphatic heterocycles. The fourth-order valence-corrected chi connectivity index (χ4v) is 1.87. The van der Waals surface area contributed by atoms with Gasteiger partial charge in [0.1, 0.15) is 12.4 Å². The molecule has 1 aromatic heterocycles. The van der Waals surface area contributed by atoms with Crippen molar-refractivity contribution in [3.05, 3.63) is 23.5 Å². The maximum atomic E-state index is 10.3. The van der Waals surface area contributed by atoms with Gasteiger partial charge in [-0.05, 0) is 52.7 Å². The Morgan fingerprint density at radius 2 is 1.81 bits per heavy atom. The first-order chi connectivity index (χ1) is 9.69. The van der Waals surface area contributed by atoms with Gasteiger partial charge in [-0.2, -0.15) is 0 Å². The van der Waals surface area contributed by atoms with Crippen molar-refractivity contribution in [1.29, 1.82) is 0 Å². The molecule has 120 valence electrons. The number of nitrogens with one attached hydrogen (secondary N) is 1. The lowest BCUT2D eigenvalue weighted by Gasteiger charge is -2.26. The van der Waals surface area contributed by atoms with Crippen LogP contribution < -0.4 is 10.1 Å². The molecule has 0 radical (unpaired) electrons. The highest BCUT2D eigenvalue weighted by atomic mass is 16.5. The standard InChI is InChI=1S/C17H30N2O2/c1-7-17(20,8-2)12-21-15-10-9-13(3)19-14(15)11-18-16(4,5)6/h9-10,18,20H,7-8,11-12H2,1-6H3. The molecule has 1 rings (SSSR count). The SMILES string of the molecule is CCC(O)(CC)COc1ccc(C)nc1CNC(C)(C)C. The van der Waals surface area contributed by atoms with Crippen LogP contribution in [0, 0.1) is 6.92 Å². The molecule has 0 saturated carbocycles. The predicted molar refractivity (Wildman–Crippen MR) is 86.6 cm³/mol. The molecule has 0 amide bonds. The molecule has 1 aromatic rings. The van der Waals surface area contributed by atoms with Gasteiger partial charge in [-0.1, -0.05) is 13.8 Å². The number of aryl methyl sites for hydroxylation is 1. The van der Waals surface area contributed by atoms with E-state index < -0.39 is 5.60 Å². The van der Waals surface area contributed by atoms with Crippen molar-refractivity contribution in [2.45, 2.75) is 72.1 Å². The van der Waals surface area contributed by atoms with Gasteiger partial charge in [0.05, 0.1) is 11.3 Å². The van der Waals surface area contributed by atoms with E-state index in [9.17, 15) is 5.11 Å². The van der Waals surface area contributed by atoms with E-state index >= 15 is 0 Å². The van der Waals surface area contributed by atoms with Crippen molar-refractivity contribution >= 4 is 0 Å². The molecule has 0 bridgehead atoms. The van der Waals surface area contributed by atoms with Crippen LogP contribution in [0.15, 0.2) is 12.1 Å². The highest BCUT2D eigenvalue weighted by molar-refractivity contribution is 5.29. The Morgan fingerprint density at radius 3 is 2.33 bits per heavy atom. The van der Waals surface area contributed by atoms with Gasteiger partial charge in [-0.25, -0.2) is 0 Å². The Bertz CT molecular complexity index is 449. The van der Waals surface area contributed by atoms with Crippen LogP contribution in [0.25, 0.3) is 0 Å². The summed E-state index contributed by atoms with van der Waals surface area (Å²) in [5.41, 5.74) is 1.12. The van der Waals surface area contributed by atoms with E-state index in [-0.39, 0.29) is 5.54 Å². The average Bonchev–Trinajstić information content (AvgIpc) is 2.43. The molecule has 0 saturated heterocycles. The van der Waals surface area contributed by atoms with Gasteiger partial charge >= 0.3 is 0 Å². The van der Waals surface area contributed by atoms with Gasteiger partial charge in [0.2, 0.25) is 0 Å². The predicted octanol–water partition coefficient (Wildman–Crippen LogP) is 3.21. The minimum absolute atomic E-state index is 0.0241. The zero-order valence-corrected chi connectivity index (χ0v) is 14.3. The zero-order chi connectivity index (χ0) is 16.1. The van der Waals surface area contributed by atoms with Gasteiger partial charge in [-0.15, -0.1) is 0 Å². The van der Waals surface area contributed by atoms with Gasteiger partial charge in [-0.3, -0.25) is 4.98 Å². The third kappa shape index (κ3) is 6.02. The minimum atomic E-state index is -0.764. The van der Waals surface area contributed by atoms with E-state index in [2.05, 4.69) is 31.1 Å². The highest BCUT2D eigenvalue weighted by Crippen LogP contribution is 2.22. The topological polar surface area (TPSA) is 54.4 Å². The van der Waals surface area contributed by atoms with E-state index in [0.717, 1.165) is 17.1 Å².